The first-order valence-electron chi connectivity index (χ1n) is 5.78. The summed E-state index contributed by atoms with van der Waals surface area (Å²) < 4.78 is 68.5. The van der Waals surface area contributed by atoms with Gasteiger partial charge in [-0.3, -0.25) is 4.79 Å². The summed E-state index contributed by atoms with van der Waals surface area (Å²) in [5.74, 6) is -0.942. The quantitative estimate of drug-likeness (QED) is 0.630. The van der Waals surface area contributed by atoms with E-state index >= 15 is 0 Å². The van der Waals surface area contributed by atoms with Gasteiger partial charge in [0.15, 0.2) is 0 Å². The predicted molar refractivity (Wildman–Crippen MR) is 61.5 cm³/mol. The smallest absolute Gasteiger partial charge is 0.416 e. The van der Waals surface area contributed by atoms with E-state index in [0.29, 0.717) is 12.1 Å². The molecule has 0 fully saturated rings. The number of nitriles is 1. The van der Waals surface area contributed by atoms with E-state index in [9.17, 15) is 26.7 Å². The van der Waals surface area contributed by atoms with E-state index in [4.69, 9.17) is 5.26 Å². The number of carbonyl (C=O) groups excluding carboxylic acids is 1. The lowest BCUT2D eigenvalue weighted by Gasteiger charge is -2.14. The second-order valence-corrected chi connectivity index (χ2v) is 3.99. The summed E-state index contributed by atoms with van der Waals surface area (Å²) in [6.45, 7) is 1.44. The van der Waals surface area contributed by atoms with Crippen LogP contribution in [0.2, 0.25) is 0 Å². The summed E-state index contributed by atoms with van der Waals surface area (Å²) in [6.07, 6.45) is -8.74. The number of esters is 1. The van der Waals surface area contributed by atoms with Gasteiger partial charge in [-0.15, -0.1) is 0 Å². The maximum absolute atomic E-state index is 13.0. The van der Waals surface area contributed by atoms with Gasteiger partial charge in [-0.05, 0) is 24.6 Å². The molecule has 0 heterocycles. The van der Waals surface area contributed by atoms with Crippen LogP contribution in [0.1, 0.15) is 35.6 Å². The molecule has 0 aliphatic heterocycles. The molecule has 3 nitrogen and oxygen atoms in total. The van der Waals surface area contributed by atoms with Crippen LogP contribution < -0.4 is 0 Å². The highest BCUT2D eigenvalue weighted by Crippen LogP contribution is 2.35. The van der Waals surface area contributed by atoms with Crippen LogP contribution in [0.5, 0.6) is 0 Å². The molecule has 0 aliphatic carbocycles. The van der Waals surface area contributed by atoms with Gasteiger partial charge >= 0.3 is 12.1 Å². The van der Waals surface area contributed by atoms with E-state index in [1.54, 1.807) is 0 Å². The van der Waals surface area contributed by atoms with Gasteiger partial charge in [-0.1, -0.05) is 0 Å². The molecule has 0 atom stereocenters. The minimum absolute atomic E-state index is 0.0348. The lowest BCUT2D eigenvalue weighted by atomic mass is 9.96. The number of hydrogen-bond donors (Lipinski definition) is 0. The fourth-order valence-corrected chi connectivity index (χ4v) is 1.74. The number of alkyl halides is 5. The number of rotatable bonds is 4. The van der Waals surface area contributed by atoms with Crippen molar-refractivity contribution < 1.29 is 31.5 Å². The summed E-state index contributed by atoms with van der Waals surface area (Å²) in [5, 5.41) is 8.75. The summed E-state index contributed by atoms with van der Waals surface area (Å²) in [6, 6.07) is 2.09. The fraction of sp³-hybridized carbons (Fsp3) is 0.385. The van der Waals surface area contributed by atoms with E-state index in [1.165, 1.54) is 13.0 Å². The molecule has 0 amide bonds. The van der Waals surface area contributed by atoms with Crippen LogP contribution in [-0.2, 0) is 22.1 Å². The molecule has 0 saturated carbocycles. The number of benzene rings is 1. The average molecular weight is 307 g/mol. The second-order valence-electron chi connectivity index (χ2n) is 3.99. The molecular formula is C13H10F5NO2. The van der Waals surface area contributed by atoms with Crippen LogP contribution in [0.4, 0.5) is 22.0 Å². The molecule has 114 valence electrons. The summed E-state index contributed by atoms with van der Waals surface area (Å²) in [4.78, 5) is 11.3. The second kappa shape index (κ2) is 6.52. The highest BCUT2D eigenvalue weighted by molar-refractivity contribution is 5.73. The zero-order chi connectivity index (χ0) is 16.2. The maximum Gasteiger partial charge on any atom is 0.416 e. The van der Waals surface area contributed by atoms with Gasteiger partial charge in [-0.2, -0.15) is 18.4 Å². The van der Waals surface area contributed by atoms with Crippen molar-refractivity contribution in [3.8, 4) is 6.07 Å². The molecule has 1 aromatic carbocycles. The fourth-order valence-electron chi connectivity index (χ4n) is 1.74. The standard InChI is InChI=1S/C13H10F5NO2/c1-2-21-10(20)5-7-3-9(13(16,17)18)4-8(6-19)11(7)12(14)15/h3-4,12H,2,5H2,1H3. The van der Waals surface area contributed by atoms with Crippen molar-refractivity contribution in [2.45, 2.75) is 25.9 Å². The Hall–Kier alpha value is -2.17. The van der Waals surface area contributed by atoms with Crippen LogP contribution in [-0.4, -0.2) is 12.6 Å². The van der Waals surface area contributed by atoms with Gasteiger partial charge in [0.05, 0.1) is 30.2 Å². The van der Waals surface area contributed by atoms with Crippen LogP contribution in [0.25, 0.3) is 0 Å². The Balaban J connectivity index is 3.42. The van der Waals surface area contributed by atoms with Gasteiger partial charge < -0.3 is 4.74 Å². The molecule has 0 N–H and O–H groups in total. The molecule has 0 radical (unpaired) electrons. The Morgan fingerprint density at radius 3 is 2.43 bits per heavy atom. The molecule has 21 heavy (non-hydrogen) atoms. The van der Waals surface area contributed by atoms with Gasteiger partial charge in [0.25, 0.3) is 6.43 Å². The maximum atomic E-state index is 13.0. The topological polar surface area (TPSA) is 50.1 Å². The van der Waals surface area contributed by atoms with Crippen molar-refractivity contribution in [2.75, 3.05) is 6.61 Å². The van der Waals surface area contributed by atoms with Crippen molar-refractivity contribution in [1.82, 2.24) is 0 Å². The molecule has 0 bridgehead atoms. The van der Waals surface area contributed by atoms with Gasteiger partial charge in [0.2, 0.25) is 0 Å². The largest absolute Gasteiger partial charge is 0.466 e. The van der Waals surface area contributed by atoms with Gasteiger partial charge in [0, 0.05) is 5.56 Å². The lowest BCUT2D eigenvalue weighted by molar-refractivity contribution is -0.142. The van der Waals surface area contributed by atoms with E-state index < -0.39 is 47.2 Å². The minimum Gasteiger partial charge on any atom is -0.466 e. The van der Waals surface area contributed by atoms with Crippen molar-refractivity contribution in [2.24, 2.45) is 0 Å². The van der Waals surface area contributed by atoms with Crippen LogP contribution >= 0.6 is 0 Å². The average Bonchev–Trinajstić information content (AvgIpc) is 2.36. The first-order valence-corrected chi connectivity index (χ1v) is 5.78. The van der Waals surface area contributed by atoms with Crippen molar-refractivity contribution >= 4 is 5.97 Å². The Morgan fingerprint density at radius 2 is 2.00 bits per heavy atom. The van der Waals surface area contributed by atoms with Crippen LogP contribution in [0.15, 0.2) is 12.1 Å². The molecular weight excluding hydrogens is 297 g/mol. The number of ether oxygens (including phenoxy) is 1. The first-order chi connectivity index (χ1) is 9.70. The van der Waals surface area contributed by atoms with Crippen LogP contribution in [0, 0.1) is 11.3 Å². The molecule has 0 spiro atoms. The normalized spacial score (nSPS) is 11.3. The monoisotopic (exact) mass is 307 g/mol. The zero-order valence-corrected chi connectivity index (χ0v) is 10.8. The van der Waals surface area contributed by atoms with Crippen molar-refractivity contribution in [3.63, 3.8) is 0 Å². The minimum atomic E-state index is -4.81. The highest BCUT2D eigenvalue weighted by atomic mass is 19.4. The van der Waals surface area contributed by atoms with Crippen LogP contribution in [0.3, 0.4) is 0 Å². The molecule has 8 heteroatoms. The molecule has 1 rings (SSSR count). The number of hydrogen-bond acceptors (Lipinski definition) is 3. The van der Waals surface area contributed by atoms with Crippen molar-refractivity contribution in [3.05, 3.63) is 34.4 Å². The third-order valence-electron chi connectivity index (χ3n) is 2.57. The van der Waals surface area contributed by atoms with Crippen molar-refractivity contribution in [1.29, 1.82) is 5.26 Å². The highest BCUT2D eigenvalue weighted by Gasteiger charge is 2.33. The van der Waals surface area contributed by atoms with Gasteiger partial charge in [-0.25, -0.2) is 8.78 Å². The SMILES string of the molecule is CCOC(=O)Cc1cc(C(F)(F)F)cc(C#N)c1C(F)F. The van der Waals surface area contributed by atoms with E-state index in [2.05, 4.69) is 4.74 Å². The van der Waals surface area contributed by atoms with Gasteiger partial charge in [0.1, 0.15) is 0 Å². The summed E-state index contributed by atoms with van der Waals surface area (Å²) in [7, 11) is 0. The predicted octanol–water partition coefficient (Wildman–Crippen LogP) is 3.62. The number of halogens is 5. The lowest BCUT2D eigenvalue weighted by Crippen LogP contribution is -2.14. The van der Waals surface area contributed by atoms with E-state index in [0.717, 1.165) is 0 Å². The zero-order valence-electron chi connectivity index (χ0n) is 10.8. The summed E-state index contributed by atoms with van der Waals surface area (Å²) in [5.41, 5.74) is -3.50. The molecule has 0 aromatic heterocycles. The van der Waals surface area contributed by atoms with E-state index in [-0.39, 0.29) is 6.61 Å². The Labute approximate surface area is 116 Å². The summed E-state index contributed by atoms with van der Waals surface area (Å²) >= 11 is 0. The first kappa shape index (κ1) is 16.9. The Morgan fingerprint density at radius 1 is 1.38 bits per heavy atom. The third-order valence-corrected chi connectivity index (χ3v) is 2.57. The molecule has 1 aromatic rings. The Bertz CT molecular complexity index is 575. The molecule has 0 aliphatic rings. The van der Waals surface area contributed by atoms with E-state index in [1.807, 2.05) is 0 Å². The third kappa shape index (κ3) is 4.15. The number of nitrogens with zero attached hydrogens (tertiary/aromatic N) is 1. The number of carbonyl (C=O) groups is 1. The Kier molecular flexibility index (Phi) is 5.24. The molecule has 0 unspecified atom stereocenters. The molecule has 0 saturated heterocycles.